The highest BCUT2D eigenvalue weighted by molar-refractivity contribution is 9.10. The molecule has 0 spiro atoms. The van der Waals surface area contributed by atoms with Gasteiger partial charge in [0.15, 0.2) is 0 Å². The number of rotatable bonds is 4. The van der Waals surface area contributed by atoms with Crippen molar-refractivity contribution in [1.82, 2.24) is 4.90 Å². The van der Waals surface area contributed by atoms with E-state index in [0.29, 0.717) is 0 Å². The van der Waals surface area contributed by atoms with Gasteiger partial charge in [-0.3, -0.25) is 4.79 Å². The Balaban J connectivity index is 2.28. The van der Waals surface area contributed by atoms with Gasteiger partial charge in [0, 0.05) is 23.5 Å². The summed E-state index contributed by atoms with van der Waals surface area (Å²) in [7, 11) is 1.58. The largest absolute Gasteiger partial charge is 0.481 e. The summed E-state index contributed by atoms with van der Waals surface area (Å²) in [6.45, 7) is 2.08. The minimum Gasteiger partial charge on any atom is -0.481 e. The van der Waals surface area contributed by atoms with E-state index in [4.69, 9.17) is 5.11 Å². The molecule has 0 saturated heterocycles. The molecule has 2 rings (SSSR count). The van der Waals surface area contributed by atoms with E-state index in [1.54, 1.807) is 7.05 Å². The number of carboxylic acid groups (broad SMARTS) is 1. The molecular formula is C16H17BrN2O3. The second kappa shape index (κ2) is 6.79. The van der Waals surface area contributed by atoms with Crippen LogP contribution in [0.2, 0.25) is 0 Å². The average molecular weight is 365 g/mol. The smallest absolute Gasteiger partial charge is 0.321 e. The Bertz CT molecular complexity index is 731. The highest BCUT2D eigenvalue weighted by atomic mass is 79.9. The number of nitrogens with one attached hydrogen (secondary N) is 1. The van der Waals surface area contributed by atoms with Crippen molar-refractivity contribution >= 4 is 44.4 Å². The molecule has 0 aliphatic carbocycles. The molecule has 0 atom stereocenters. The SMILES string of the molecule is Cc1cc(Br)c2ccccc2c1NC(=O)N(C)CCC(=O)O. The molecule has 116 valence electrons. The monoisotopic (exact) mass is 364 g/mol. The number of anilines is 1. The number of carboxylic acids is 1. The first kappa shape index (κ1) is 16.3. The fraction of sp³-hybridized carbons (Fsp3) is 0.250. The zero-order valence-electron chi connectivity index (χ0n) is 12.4. The molecule has 0 unspecified atom stereocenters. The number of carbonyl (C=O) groups is 2. The first-order chi connectivity index (χ1) is 10.4. The van der Waals surface area contributed by atoms with Crippen molar-refractivity contribution in [2.45, 2.75) is 13.3 Å². The number of aryl methyl sites for hydroxylation is 1. The topological polar surface area (TPSA) is 69.6 Å². The van der Waals surface area contributed by atoms with Crippen molar-refractivity contribution in [2.75, 3.05) is 18.9 Å². The molecule has 0 aliphatic heterocycles. The van der Waals surface area contributed by atoms with Gasteiger partial charge in [0.2, 0.25) is 0 Å². The lowest BCUT2D eigenvalue weighted by molar-refractivity contribution is -0.137. The molecule has 0 aromatic heterocycles. The summed E-state index contributed by atoms with van der Waals surface area (Å²) in [6.07, 6.45) is -0.0794. The number of urea groups is 1. The molecule has 0 fully saturated rings. The number of nitrogens with zero attached hydrogens (tertiary/aromatic N) is 1. The fourth-order valence-corrected chi connectivity index (χ4v) is 2.88. The standard InChI is InChI=1S/C16H17BrN2O3/c1-10-9-13(17)11-5-3-4-6-12(11)15(10)18-16(22)19(2)8-7-14(20)21/h3-6,9H,7-8H2,1-2H3,(H,18,22)(H,20,21). The molecule has 0 aliphatic rings. The zero-order chi connectivity index (χ0) is 16.3. The van der Waals surface area contributed by atoms with Crippen LogP contribution in [0.5, 0.6) is 0 Å². The van der Waals surface area contributed by atoms with Crippen LogP contribution in [0.3, 0.4) is 0 Å². The third-order valence-electron chi connectivity index (χ3n) is 3.43. The van der Waals surface area contributed by atoms with Gasteiger partial charge in [0.05, 0.1) is 12.1 Å². The first-order valence-corrected chi connectivity index (χ1v) is 7.61. The maximum Gasteiger partial charge on any atom is 0.321 e. The van der Waals surface area contributed by atoms with E-state index in [1.165, 1.54) is 4.90 Å². The van der Waals surface area contributed by atoms with Crippen LogP contribution >= 0.6 is 15.9 Å². The molecular weight excluding hydrogens is 348 g/mol. The highest BCUT2D eigenvalue weighted by Gasteiger charge is 2.14. The molecule has 6 heteroatoms. The van der Waals surface area contributed by atoms with E-state index in [2.05, 4.69) is 21.2 Å². The maximum absolute atomic E-state index is 12.2. The number of carbonyl (C=O) groups excluding carboxylic acids is 1. The molecule has 2 amide bonds. The highest BCUT2D eigenvalue weighted by Crippen LogP contribution is 2.33. The predicted octanol–water partition coefficient (Wildman–Crippen LogP) is 3.85. The Morgan fingerprint density at radius 1 is 1.27 bits per heavy atom. The van der Waals surface area contributed by atoms with Crippen LogP contribution in [0.15, 0.2) is 34.8 Å². The van der Waals surface area contributed by atoms with E-state index >= 15 is 0 Å². The van der Waals surface area contributed by atoms with Gasteiger partial charge in [-0.15, -0.1) is 0 Å². The molecule has 0 heterocycles. The predicted molar refractivity (Wildman–Crippen MR) is 90.3 cm³/mol. The van der Waals surface area contributed by atoms with Crippen LogP contribution in [0, 0.1) is 6.92 Å². The van der Waals surface area contributed by atoms with E-state index in [0.717, 1.165) is 26.5 Å². The number of hydrogen-bond acceptors (Lipinski definition) is 2. The van der Waals surface area contributed by atoms with E-state index < -0.39 is 5.97 Å². The van der Waals surface area contributed by atoms with E-state index in [9.17, 15) is 9.59 Å². The lowest BCUT2D eigenvalue weighted by atomic mass is 10.0. The molecule has 22 heavy (non-hydrogen) atoms. The Morgan fingerprint density at radius 2 is 1.91 bits per heavy atom. The summed E-state index contributed by atoms with van der Waals surface area (Å²) in [5.74, 6) is -0.926. The Labute approximate surface area is 137 Å². The van der Waals surface area contributed by atoms with Gasteiger partial charge >= 0.3 is 12.0 Å². The summed E-state index contributed by atoms with van der Waals surface area (Å²) in [6, 6.07) is 9.40. The summed E-state index contributed by atoms with van der Waals surface area (Å²) in [4.78, 5) is 24.2. The second-order valence-corrected chi connectivity index (χ2v) is 5.95. The number of amides is 2. The second-order valence-electron chi connectivity index (χ2n) is 5.09. The van der Waals surface area contributed by atoms with Crippen LogP contribution in [-0.4, -0.2) is 35.6 Å². The van der Waals surface area contributed by atoms with Crippen LogP contribution in [0.4, 0.5) is 10.5 Å². The number of fused-ring (bicyclic) bond motifs is 1. The maximum atomic E-state index is 12.2. The molecule has 2 N–H and O–H groups in total. The van der Waals surface area contributed by atoms with Gasteiger partial charge in [-0.1, -0.05) is 40.2 Å². The normalized spacial score (nSPS) is 10.5. The Kier molecular flexibility index (Phi) is 5.03. The third kappa shape index (κ3) is 3.57. The molecule has 2 aromatic carbocycles. The van der Waals surface area contributed by atoms with Crippen molar-refractivity contribution in [2.24, 2.45) is 0 Å². The van der Waals surface area contributed by atoms with Crippen molar-refractivity contribution in [3.8, 4) is 0 Å². The Hall–Kier alpha value is -2.08. The lowest BCUT2D eigenvalue weighted by Gasteiger charge is -2.19. The number of aliphatic carboxylic acids is 1. The van der Waals surface area contributed by atoms with Gasteiger partial charge in [-0.05, 0) is 23.9 Å². The quantitative estimate of drug-likeness (QED) is 0.865. The number of hydrogen-bond donors (Lipinski definition) is 2. The van der Waals surface area contributed by atoms with Crippen molar-refractivity contribution in [3.63, 3.8) is 0 Å². The van der Waals surface area contributed by atoms with Crippen LogP contribution < -0.4 is 5.32 Å². The van der Waals surface area contributed by atoms with Crippen LogP contribution in [-0.2, 0) is 4.79 Å². The van der Waals surface area contributed by atoms with Crippen LogP contribution in [0.1, 0.15) is 12.0 Å². The molecule has 5 nitrogen and oxygen atoms in total. The van der Waals surface area contributed by atoms with Crippen molar-refractivity contribution in [1.29, 1.82) is 0 Å². The number of benzene rings is 2. The lowest BCUT2D eigenvalue weighted by Crippen LogP contribution is -2.33. The van der Waals surface area contributed by atoms with Gasteiger partial charge in [0.1, 0.15) is 0 Å². The Morgan fingerprint density at radius 3 is 2.55 bits per heavy atom. The van der Waals surface area contributed by atoms with Gasteiger partial charge in [-0.25, -0.2) is 4.79 Å². The summed E-state index contributed by atoms with van der Waals surface area (Å²) in [5, 5.41) is 13.5. The minimum absolute atomic E-state index is 0.0794. The molecule has 2 aromatic rings. The van der Waals surface area contributed by atoms with Crippen molar-refractivity contribution in [3.05, 3.63) is 40.4 Å². The minimum atomic E-state index is -0.926. The summed E-state index contributed by atoms with van der Waals surface area (Å²) in [5.41, 5.74) is 1.68. The third-order valence-corrected chi connectivity index (χ3v) is 4.09. The zero-order valence-corrected chi connectivity index (χ0v) is 14.0. The first-order valence-electron chi connectivity index (χ1n) is 6.82. The number of halogens is 1. The average Bonchev–Trinajstić information content (AvgIpc) is 2.48. The molecule has 0 bridgehead atoms. The van der Waals surface area contributed by atoms with Crippen molar-refractivity contribution < 1.29 is 14.7 Å². The fourth-order valence-electron chi connectivity index (χ4n) is 2.19. The van der Waals surface area contributed by atoms with Gasteiger partial charge < -0.3 is 15.3 Å². The van der Waals surface area contributed by atoms with E-state index in [-0.39, 0.29) is 19.0 Å². The molecule has 0 radical (unpaired) electrons. The van der Waals surface area contributed by atoms with Gasteiger partial charge in [0.25, 0.3) is 0 Å². The summed E-state index contributed by atoms with van der Waals surface area (Å²) >= 11 is 3.53. The summed E-state index contributed by atoms with van der Waals surface area (Å²) < 4.78 is 0.970. The molecule has 0 saturated carbocycles. The van der Waals surface area contributed by atoms with E-state index in [1.807, 2.05) is 37.3 Å². The van der Waals surface area contributed by atoms with Gasteiger partial charge in [-0.2, -0.15) is 0 Å². The van der Waals surface area contributed by atoms with Crippen LogP contribution in [0.25, 0.3) is 10.8 Å².